The van der Waals surface area contributed by atoms with Crippen LogP contribution in [0.4, 0.5) is 11.4 Å². The molecule has 1 unspecified atom stereocenters. The first-order chi connectivity index (χ1) is 9.51. The minimum absolute atomic E-state index is 0.0327. The third-order valence-electron chi connectivity index (χ3n) is 3.49. The molecular weight excluding hydrogens is 254 g/mol. The van der Waals surface area contributed by atoms with E-state index in [4.69, 9.17) is 5.73 Å². The Labute approximate surface area is 119 Å². The molecule has 1 aliphatic rings. The topological polar surface area (TPSA) is 75.4 Å². The Kier molecular flexibility index (Phi) is 4.39. The summed E-state index contributed by atoms with van der Waals surface area (Å²) >= 11 is 0. The summed E-state index contributed by atoms with van der Waals surface area (Å²) in [6.07, 6.45) is 0.499. The molecule has 2 rings (SSSR count). The van der Waals surface area contributed by atoms with Crippen molar-refractivity contribution in [2.75, 3.05) is 23.3 Å². The van der Waals surface area contributed by atoms with Gasteiger partial charge in [0.05, 0.1) is 0 Å². The lowest BCUT2D eigenvalue weighted by Gasteiger charge is -2.18. The van der Waals surface area contributed by atoms with Gasteiger partial charge in [0.25, 0.3) is 0 Å². The standard InChI is InChI=1S/C15H21N3O2/c1-10(2)15(20)17-12-4-3-5-13(7-12)18-9-11(8-16)6-14(18)19/h3-5,7,10-11H,6,8-9,16H2,1-2H3,(H,17,20). The Morgan fingerprint density at radius 1 is 1.50 bits per heavy atom. The fourth-order valence-corrected chi connectivity index (χ4v) is 2.23. The maximum atomic E-state index is 12.0. The highest BCUT2D eigenvalue weighted by molar-refractivity contribution is 5.97. The molecule has 5 nitrogen and oxygen atoms in total. The van der Waals surface area contributed by atoms with Crippen molar-refractivity contribution in [3.63, 3.8) is 0 Å². The number of rotatable bonds is 4. The molecule has 1 atom stereocenters. The summed E-state index contributed by atoms with van der Waals surface area (Å²) < 4.78 is 0. The van der Waals surface area contributed by atoms with Gasteiger partial charge in [-0.1, -0.05) is 19.9 Å². The van der Waals surface area contributed by atoms with Crippen LogP contribution in [0, 0.1) is 11.8 Å². The smallest absolute Gasteiger partial charge is 0.227 e. The molecule has 1 aromatic carbocycles. The Morgan fingerprint density at radius 2 is 2.25 bits per heavy atom. The number of nitrogens with one attached hydrogen (secondary N) is 1. The molecule has 1 saturated heterocycles. The van der Waals surface area contributed by atoms with Crippen molar-refractivity contribution >= 4 is 23.2 Å². The van der Waals surface area contributed by atoms with Gasteiger partial charge in [-0.25, -0.2) is 0 Å². The van der Waals surface area contributed by atoms with Crippen LogP contribution in [0.25, 0.3) is 0 Å². The highest BCUT2D eigenvalue weighted by Crippen LogP contribution is 2.26. The quantitative estimate of drug-likeness (QED) is 0.876. The molecule has 0 aromatic heterocycles. The summed E-state index contributed by atoms with van der Waals surface area (Å²) in [6, 6.07) is 7.37. The Morgan fingerprint density at radius 3 is 2.85 bits per heavy atom. The van der Waals surface area contributed by atoms with Gasteiger partial charge in [0, 0.05) is 30.3 Å². The highest BCUT2D eigenvalue weighted by Gasteiger charge is 2.29. The van der Waals surface area contributed by atoms with Crippen LogP contribution in [0.15, 0.2) is 24.3 Å². The molecule has 0 radical (unpaired) electrons. The van der Waals surface area contributed by atoms with Gasteiger partial charge in [0.2, 0.25) is 11.8 Å². The molecule has 0 spiro atoms. The van der Waals surface area contributed by atoms with Crippen LogP contribution in [-0.4, -0.2) is 24.9 Å². The maximum Gasteiger partial charge on any atom is 0.227 e. The van der Waals surface area contributed by atoms with E-state index in [0.29, 0.717) is 25.2 Å². The SMILES string of the molecule is CC(C)C(=O)Nc1cccc(N2CC(CN)CC2=O)c1. The lowest BCUT2D eigenvalue weighted by Crippen LogP contribution is -2.26. The summed E-state index contributed by atoms with van der Waals surface area (Å²) in [5, 5.41) is 2.84. The summed E-state index contributed by atoms with van der Waals surface area (Å²) in [6.45, 7) is 4.85. The number of anilines is 2. The van der Waals surface area contributed by atoms with Gasteiger partial charge < -0.3 is 16.0 Å². The zero-order chi connectivity index (χ0) is 14.7. The number of hydrogen-bond acceptors (Lipinski definition) is 3. The van der Waals surface area contributed by atoms with Crippen LogP contribution in [0.5, 0.6) is 0 Å². The van der Waals surface area contributed by atoms with Gasteiger partial charge in [0.1, 0.15) is 0 Å². The van der Waals surface area contributed by atoms with E-state index in [9.17, 15) is 9.59 Å². The van der Waals surface area contributed by atoms with Gasteiger partial charge in [-0.3, -0.25) is 9.59 Å². The van der Waals surface area contributed by atoms with Crippen molar-refractivity contribution in [3.8, 4) is 0 Å². The van der Waals surface area contributed by atoms with Crippen LogP contribution < -0.4 is 16.0 Å². The minimum Gasteiger partial charge on any atom is -0.330 e. The Bertz CT molecular complexity index is 514. The van der Waals surface area contributed by atoms with Crippen molar-refractivity contribution in [2.24, 2.45) is 17.6 Å². The van der Waals surface area contributed by atoms with Crippen LogP contribution in [0.1, 0.15) is 20.3 Å². The molecule has 3 N–H and O–H groups in total. The zero-order valence-electron chi connectivity index (χ0n) is 11.9. The molecule has 1 aliphatic heterocycles. The van der Waals surface area contributed by atoms with Crippen LogP contribution in [-0.2, 0) is 9.59 Å². The lowest BCUT2D eigenvalue weighted by atomic mass is 10.1. The molecule has 108 valence electrons. The minimum atomic E-state index is -0.0753. The fourth-order valence-electron chi connectivity index (χ4n) is 2.23. The van der Waals surface area contributed by atoms with Crippen molar-refractivity contribution in [1.82, 2.24) is 0 Å². The molecule has 5 heteroatoms. The van der Waals surface area contributed by atoms with Crippen molar-refractivity contribution < 1.29 is 9.59 Å². The summed E-state index contributed by atoms with van der Waals surface area (Å²) in [4.78, 5) is 25.4. The van der Waals surface area contributed by atoms with E-state index >= 15 is 0 Å². The number of benzene rings is 1. The zero-order valence-corrected chi connectivity index (χ0v) is 11.9. The van der Waals surface area contributed by atoms with E-state index in [0.717, 1.165) is 5.69 Å². The Hall–Kier alpha value is -1.88. The first-order valence-electron chi connectivity index (χ1n) is 6.92. The van der Waals surface area contributed by atoms with E-state index in [1.54, 1.807) is 4.90 Å². The molecule has 0 aliphatic carbocycles. The normalized spacial score (nSPS) is 18.7. The monoisotopic (exact) mass is 275 g/mol. The predicted molar refractivity (Wildman–Crippen MR) is 79.4 cm³/mol. The van der Waals surface area contributed by atoms with E-state index in [1.807, 2.05) is 38.1 Å². The van der Waals surface area contributed by atoms with Gasteiger partial charge >= 0.3 is 0 Å². The van der Waals surface area contributed by atoms with Crippen molar-refractivity contribution in [1.29, 1.82) is 0 Å². The molecule has 2 amide bonds. The van der Waals surface area contributed by atoms with E-state index in [-0.39, 0.29) is 23.7 Å². The van der Waals surface area contributed by atoms with Crippen LogP contribution in [0.2, 0.25) is 0 Å². The van der Waals surface area contributed by atoms with E-state index in [2.05, 4.69) is 5.32 Å². The summed E-state index contributed by atoms with van der Waals surface area (Å²) in [5.41, 5.74) is 7.16. The average Bonchev–Trinajstić information content (AvgIpc) is 2.80. The number of hydrogen-bond donors (Lipinski definition) is 2. The summed E-state index contributed by atoms with van der Waals surface area (Å²) in [5.74, 6) is 0.202. The molecule has 0 bridgehead atoms. The molecule has 20 heavy (non-hydrogen) atoms. The second-order valence-corrected chi connectivity index (χ2v) is 5.50. The first-order valence-corrected chi connectivity index (χ1v) is 6.92. The number of amides is 2. The third kappa shape index (κ3) is 3.17. The number of carbonyl (C=O) groups is 2. The third-order valence-corrected chi connectivity index (χ3v) is 3.49. The highest BCUT2D eigenvalue weighted by atomic mass is 16.2. The molecule has 1 fully saturated rings. The van der Waals surface area contributed by atoms with Gasteiger partial charge in [-0.15, -0.1) is 0 Å². The second-order valence-electron chi connectivity index (χ2n) is 5.50. The largest absolute Gasteiger partial charge is 0.330 e. The summed E-state index contributed by atoms with van der Waals surface area (Å²) in [7, 11) is 0. The van der Waals surface area contributed by atoms with Crippen LogP contribution >= 0.6 is 0 Å². The van der Waals surface area contributed by atoms with Crippen molar-refractivity contribution in [2.45, 2.75) is 20.3 Å². The van der Waals surface area contributed by atoms with Gasteiger partial charge in [-0.05, 0) is 30.7 Å². The van der Waals surface area contributed by atoms with Crippen molar-refractivity contribution in [3.05, 3.63) is 24.3 Å². The van der Waals surface area contributed by atoms with Gasteiger partial charge in [-0.2, -0.15) is 0 Å². The Balaban J connectivity index is 2.14. The second kappa shape index (κ2) is 6.05. The van der Waals surface area contributed by atoms with Gasteiger partial charge in [0.15, 0.2) is 0 Å². The molecule has 1 heterocycles. The van der Waals surface area contributed by atoms with E-state index in [1.165, 1.54) is 0 Å². The van der Waals surface area contributed by atoms with E-state index < -0.39 is 0 Å². The number of carbonyl (C=O) groups excluding carboxylic acids is 2. The maximum absolute atomic E-state index is 12.0. The fraction of sp³-hybridized carbons (Fsp3) is 0.467. The average molecular weight is 275 g/mol. The lowest BCUT2D eigenvalue weighted by molar-refractivity contribution is -0.119. The molecular formula is C15H21N3O2. The molecule has 1 aromatic rings. The predicted octanol–water partition coefficient (Wildman–Crippen LogP) is 1.59. The molecule has 0 saturated carbocycles. The number of nitrogens with zero attached hydrogens (tertiary/aromatic N) is 1. The number of nitrogens with two attached hydrogens (primary N) is 1. The first kappa shape index (κ1) is 14.5. The van der Waals surface area contributed by atoms with Crippen LogP contribution in [0.3, 0.4) is 0 Å².